The second-order valence-corrected chi connectivity index (χ2v) is 4.38. The van der Waals surface area contributed by atoms with Gasteiger partial charge < -0.3 is 11.1 Å². The van der Waals surface area contributed by atoms with E-state index in [0.717, 1.165) is 31.2 Å². The van der Waals surface area contributed by atoms with Gasteiger partial charge in [0.2, 0.25) is 5.91 Å². The van der Waals surface area contributed by atoms with Crippen LogP contribution in [0.2, 0.25) is 0 Å². The molecular formula is C13H18N2O. The summed E-state index contributed by atoms with van der Waals surface area (Å²) in [5.74, 6) is -0.274. The van der Waals surface area contributed by atoms with E-state index in [0.29, 0.717) is 0 Å². The van der Waals surface area contributed by atoms with Gasteiger partial charge in [-0.3, -0.25) is 4.79 Å². The molecule has 0 bridgehead atoms. The molecule has 0 heterocycles. The van der Waals surface area contributed by atoms with Gasteiger partial charge in [-0.25, -0.2) is 0 Å². The molecule has 3 N–H and O–H groups in total. The molecule has 1 aromatic rings. The predicted octanol–water partition coefficient (Wildman–Crippen LogP) is 1.31. The summed E-state index contributed by atoms with van der Waals surface area (Å²) >= 11 is 0. The summed E-state index contributed by atoms with van der Waals surface area (Å²) in [5.41, 5.74) is 7.22. The molecule has 0 saturated carbocycles. The predicted molar refractivity (Wildman–Crippen MR) is 63.9 cm³/mol. The van der Waals surface area contributed by atoms with E-state index >= 15 is 0 Å². The zero-order valence-electron chi connectivity index (χ0n) is 9.62. The van der Waals surface area contributed by atoms with Gasteiger partial charge >= 0.3 is 0 Å². The summed E-state index contributed by atoms with van der Waals surface area (Å²) in [6, 6.07) is 8.10. The van der Waals surface area contributed by atoms with E-state index in [1.165, 1.54) is 5.56 Å². The standard InChI is InChI=1S/C13H18N2O/c1-15-13(12(14)16)9-5-4-7-10-6-2-3-8-11(10)13/h2-3,6,8,15H,4-5,7,9H2,1H3,(H2,14,16). The molecule has 0 spiro atoms. The average Bonchev–Trinajstić information content (AvgIpc) is 2.49. The number of aryl methyl sites for hydroxylation is 1. The number of hydrogen-bond acceptors (Lipinski definition) is 2. The molecular weight excluding hydrogens is 200 g/mol. The van der Waals surface area contributed by atoms with E-state index in [-0.39, 0.29) is 5.91 Å². The van der Waals surface area contributed by atoms with Gasteiger partial charge in [0.25, 0.3) is 0 Å². The minimum atomic E-state index is -0.674. The topological polar surface area (TPSA) is 55.1 Å². The van der Waals surface area contributed by atoms with Crippen LogP contribution in [-0.2, 0) is 16.8 Å². The van der Waals surface area contributed by atoms with Crippen molar-refractivity contribution in [3.8, 4) is 0 Å². The number of benzene rings is 1. The maximum atomic E-state index is 11.8. The van der Waals surface area contributed by atoms with Crippen LogP contribution >= 0.6 is 0 Å². The largest absolute Gasteiger partial charge is 0.368 e. The highest BCUT2D eigenvalue weighted by Gasteiger charge is 2.39. The van der Waals surface area contributed by atoms with Crippen molar-refractivity contribution >= 4 is 5.91 Å². The van der Waals surface area contributed by atoms with Crippen LogP contribution in [0.25, 0.3) is 0 Å². The second kappa shape index (κ2) is 4.26. The zero-order chi connectivity index (χ0) is 11.6. The van der Waals surface area contributed by atoms with E-state index in [9.17, 15) is 4.79 Å². The van der Waals surface area contributed by atoms with Crippen LogP contribution in [0.15, 0.2) is 24.3 Å². The highest BCUT2D eigenvalue weighted by molar-refractivity contribution is 5.86. The Morgan fingerprint density at radius 1 is 1.38 bits per heavy atom. The van der Waals surface area contributed by atoms with Gasteiger partial charge in [0, 0.05) is 0 Å². The Labute approximate surface area is 96.0 Å². The van der Waals surface area contributed by atoms with Crippen molar-refractivity contribution < 1.29 is 4.79 Å². The Balaban J connectivity index is 2.58. The van der Waals surface area contributed by atoms with Crippen LogP contribution in [0, 0.1) is 0 Å². The van der Waals surface area contributed by atoms with E-state index in [4.69, 9.17) is 5.73 Å². The summed E-state index contributed by atoms with van der Waals surface area (Å²) in [6.45, 7) is 0. The lowest BCUT2D eigenvalue weighted by Crippen LogP contribution is -2.51. The van der Waals surface area contributed by atoms with Gasteiger partial charge in [-0.1, -0.05) is 30.7 Å². The number of nitrogens with two attached hydrogens (primary N) is 1. The molecule has 0 radical (unpaired) electrons. The lowest BCUT2D eigenvalue weighted by molar-refractivity contribution is -0.124. The number of likely N-dealkylation sites (N-methyl/N-ethyl adjacent to an activating group) is 1. The fraction of sp³-hybridized carbons (Fsp3) is 0.462. The first kappa shape index (κ1) is 11.1. The fourth-order valence-electron chi connectivity index (χ4n) is 2.63. The van der Waals surface area contributed by atoms with E-state index in [1.807, 2.05) is 25.2 Å². The Bertz CT molecular complexity index is 403. The molecule has 1 amide bonds. The first-order valence-corrected chi connectivity index (χ1v) is 5.78. The van der Waals surface area contributed by atoms with Crippen molar-refractivity contribution in [2.45, 2.75) is 31.2 Å². The third kappa shape index (κ3) is 1.61. The Kier molecular flexibility index (Phi) is 2.97. The van der Waals surface area contributed by atoms with Gasteiger partial charge in [-0.05, 0) is 37.4 Å². The van der Waals surface area contributed by atoms with Gasteiger partial charge in [-0.15, -0.1) is 0 Å². The number of primary amides is 1. The molecule has 3 heteroatoms. The summed E-state index contributed by atoms with van der Waals surface area (Å²) in [6.07, 6.45) is 3.97. The van der Waals surface area contributed by atoms with Crippen LogP contribution in [0.1, 0.15) is 30.4 Å². The first-order valence-electron chi connectivity index (χ1n) is 5.78. The maximum Gasteiger partial charge on any atom is 0.242 e. The summed E-state index contributed by atoms with van der Waals surface area (Å²) in [7, 11) is 1.81. The molecule has 0 aliphatic heterocycles. The third-order valence-corrected chi connectivity index (χ3v) is 3.57. The van der Waals surface area contributed by atoms with E-state index in [1.54, 1.807) is 0 Å². The highest BCUT2D eigenvalue weighted by atomic mass is 16.1. The average molecular weight is 218 g/mol. The second-order valence-electron chi connectivity index (χ2n) is 4.38. The van der Waals surface area contributed by atoms with E-state index in [2.05, 4.69) is 11.4 Å². The van der Waals surface area contributed by atoms with Crippen LogP contribution in [0.4, 0.5) is 0 Å². The Morgan fingerprint density at radius 3 is 2.81 bits per heavy atom. The van der Waals surface area contributed by atoms with Crippen LogP contribution < -0.4 is 11.1 Å². The maximum absolute atomic E-state index is 11.8. The smallest absolute Gasteiger partial charge is 0.242 e. The van der Waals surface area contributed by atoms with Crippen molar-refractivity contribution in [1.82, 2.24) is 5.32 Å². The molecule has 2 rings (SSSR count). The summed E-state index contributed by atoms with van der Waals surface area (Å²) in [5, 5.41) is 3.14. The van der Waals surface area contributed by atoms with Crippen molar-refractivity contribution in [2.75, 3.05) is 7.05 Å². The monoisotopic (exact) mass is 218 g/mol. The normalized spacial score (nSPS) is 24.6. The minimum Gasteiger partial charge on any atom is -0.368 e. The summed E-state index contributed by atoms with van der Waals surface area (Å²) in [4.78, 5) is 11.8. The lowest BCUT2D eigenvalue weighted by atomic mass is 9.84. The van der Waals surface area contributed by atoms with Gasteiger partial charge in [0.15, 0.2) is 0 Å². The SMILES string of the molecule is CNC1(C(N)=O)CCCCc2ccccc21. The molecule has 1 unspecified atom stereocenters. The fourth-order valence-corrected chi connectivity index (χ4v) is 2.63. The van der Waals surface area contributed by atoms with Gasteiger partial charge in [-0.2, -0.15) is 0 Å². The highest BCUT2D eigenvalue weighted by Crippen LogP contribution is 2.33. The number of carbonyl (C=O) groups is 1. The quantitative estimate of drug-likeness (QED) is 0.735. The molecule has 3 nitrogen and oxygen atoms in total. The van der Waals surface area contributed by atoms with Crippen molar-refractivity contribution in [2.24, 2.45) is 5.73 Å². The molecule has 0 fully saturated rings. The molecule has 16 heavy (non-hydrogen) atoms. The van der Waals surface area contributed by atoms with Crippen LogP contribution in [0.3, 0.4) is 0 Å². The van der Waals surface area contributed by atoms with Crippen molar-refractivity contribution in [3.05, 3.63) is 35.4 Å². The van der Waals surface area contributed by atoms with Crippen LogP contribution in [-0.4, -0.2) is 13.0 Å². The molecule has 1 atom stereocenters. The van der Waals surface area contributed by atoms with Gasteiger partial charge in [0.05, 0.1) is 0 Å². The number of carbonyl (C=O) groups excluding carboxylic acids is 1. The molecule has 0 saturated heterocycles. The minimum absolute atomic E-state index is 0.274. The molecule has 1 aliphatic rings. The van der Waals surface area contributed by atoms with Crippen molar-refractivity contribution in [1.29, 1.82) is 0 Å². The number of rotatable bonds is 2. The summed E-state index contributed by atoms with van der Waals surface area (Å²) < 4.78 is 0. The number of hydrogen-bond donors (Lipinski definition) is 2. The zero-order valence-corrected chi connectivity index (χ0v) is 9.62. The van der Waals surface area contributed by atoms with E-state index < -0.39 is 5.54 Å². The van der Waals surface area contributed by atoms with Crippen molar-refractivity contribution in [3.63, 3.8) is 0 Å². The number of fused-ring (bicyclic) bond motifs is 1. The van der Waals surface area contributed by atoms with Crippen LogP contribution in [0.5, 0.6) is 0 Å². The van der Waals surface area contributed by atoms with Gasteiger partial charge in [0.1, 0.15) is 5.54 Å². The Morgan fingerprint density at radius 2 is 2.12 bits per heavy atom. The number of nitrogens with one attached hydrogen (secondary N) is 1. The first-order chi connectivity index (χ1) is 7.70. The molecule has 1 aromatic carbocycles. The molecule has 1 aliphatic carbocycles. The molecule has 0 aromatic heterocycles. The number of amides is 1. The third-order valence-electron chi connectivity index (χ3n) is 3.57. The lowest BCUT2D eigenvalue weighted by Gasteiger charge is -2.30. The Hall–Kier alpha value is -1.35. The molecule has 86 valence electrons.